The quantitative estimate of drug-likeness (QED) is 0.934. The number of anilines is 2. The van der Waals surface area contributed by atoms with Crippen molar-refractivity contribution >= 4 is 11.4 Å². The smallest absolute Gasteiger partial charge is 0.183 e. The van der Waals surface area contributed by atoms with Gasteiger partial charge in [0.1, 0.15) is 17.6 Å². The van der Waals surface area contributed by atoms with Crippen LogP contribution in [0.4, 0.5) is 20.2 Å². The van der Waals surface area contributed by atoms with Gasteiger partial charge in [0.25, 0.3) is 0 Å². The van der Waals surface area contributed by atoms with Crippen LogP contribution >= 0.6 is 0 Å². The third-order valence-corrected chi connectivity index (χ3v) is 2.88. The first kappa shape index (κ1) is 14.6. The van der Waals surface area contributed by atoms with Gasteiger partial charge in [0.15, 0.2) is 11.6 Å². The van der Waals surface area contributed by atoms with Gasteiger partial charge in [0.05, 0.1) is 31.2 Å². The van der Waals surface area contributed by atoms with Crippen LogP contribution in [0, 0.1) is 23.0 Å². The normalized spacial score (nSPS) is 9.86. The summed E-state index contributed by atoms with van der Waals surface area (Å²) in [5.74, 6) is -1.34. The first-order chi connectivity index (χ1) is 10.1. The lowest BCUT2D eigenvalue weighted by molar-refractivity contribution is 0.404. The lowest BCUT2D eigenvalue weighted by Crippen LogP contribution is -2.00. The number of hydrogen-bond acceptors (Lipinski definition) is 4. The molecule has 0 fully saturated rings. The summed E-state index contributed by atoms with van der Waals surface area (Å²) >= 11 is 0. The predicted molar refractivity (Wildman–Crippen MR) is 73.9 cm³/mol. The van der Waals surface area contributed by atoms with E-state index >= 15 is 0 Å². The highest BCUT2D eigenvalue weighted by Crippen LogP contribution is 2.33. The third-order valence-electron chi connectivity index (χ3n) is 2.88. The molecule has 4 nitrogen and oxygen atoms in total. The van der Waals surface area contributed by atoms with Gasteiger partial charge in [-0.25, -0.2) is 8.78 Å². The number of hydrogen-bond donors (Lipinski definition) is 1. The van der Waals surface area contributed by atoms with Crippen molar-refractivity contribution in [2.75, 3.05) is 19.5 Å². The zero-order valence-electron chi connectivity index (χ0n) is 11.4. The van der Waals surface area contributed by atoms with Crippen molar-refractivity contribution in [3.8, 4) is 17.6 Å². The van der Waals surface area contributed by atoms with E-state index in [4.69, 9.17) is 14.7 Å². The second kappa shape index (κ2) is 6.09. The molecule has 0 radical (unpaired) electrons. The highest BCUT2D eigenvalue weighted by atomic mass is 19.2. The minimum absolute atomic E-state index is 0.0990. The number of nitriles is 1. The Morgan fingerprint density at radius 3 is 2.38 bits per heavy atom. The fourth-order valence-corrected chi connectivity index (χ4v) is 1.79. The number of benzene rings is 2. The van der Waals surface area contributed by atoms with Gasteiger partial charge in [-0.05, 0) is 24.3 Å². The van der Waals surface area contributed by atoms with Crippen LogP contribution in [0.25, 0.3) is 0 Å². The SMILES string of the molecule is COc1ccc(OC)c(Nc2ccc(C#N)c(F)c2F)c1. The van der Waals surface area contributed by atoms with Crippen LogP contribution in [-0.4, -0.2) is 14.2 Å². The summed E-state index contributed by atoms with van der Waals surface area (Å²) in [6, 6.07) is 8.98. The molecule has 21 heavy (non-hydrogen) atoms. The van der Waals surface area contributed by atoms with Gasteiger partial charge in [-0.3, -0.25) is 0 Å². The van der Waals surface area contributed by atoms with Gasteiger partial charge in [0, 0.05) is 6.07 Å². The van der Waals surface area contributed by atoms with Crippen molar-refractivity contribution in [2.45, 2.75) is 0 Å². The minimum Gasteiger partial charge on any atom is -0.497 e. The number of nitrogens with zero attached hydrogens (tertiary/aromatic N) is 1. The molecule has 1 N–H and O–H groups in total. The van der Waals surface area contributed by atoms with Gasteiger partial charge >= 0.3 is 0 Å². The van der Waals surface area contributed by atoms with Gasteiger partial charge in [-0.1, -0.05) is 0 Å². The second-order valence-electron chi connectivity index (χ2n) is 4.09. The molecule has 108 valence electrons. The van der Waals surface area contributed by atoms with E-state index in [1.165, 1.54) is 26.4 Å². The molecular formula is C15H12F2N2O2. The average Bonchev–Trinajstić information content (AvgIpc) is 2.52. The molecule has 2 aromatic carbocycles. The maximum Gasteiger partial charge on any atom is 0.183 e. The van der Waals surface area contributed by atoms with Crippen molar-refractivity contribution in [2.24, 2.45) is 0 Å². The van der Waals surface area contributed by atoms with Crippen LogP contribution < -0.4 is 14.8 Å². The van der Waals surface area contributed by atoms with E-state index in [2.05, 4.69) is 5.32 Å². The Morgan fingerprint density at radius 2 is 1.76 bits per heavy atom. The first-order valence-electron chi connectivity index (χ1n) is 5.98. The van der Waals surface area contributed by atoms with Crippen LogP contribution in [0.2, 0.25) is 0 Å². The Labute approximate surface area is 120 Å². The molecule has 2 rings (SSSR count). The predicted octanol–water partition coefficient (Wildman–Crippen LogP) is 3.60. The molecule has 0 atom stereocenters. The molecule has 6 heteroatoms. The van der Waals surface area contributed by atoms with E-state index in [9.17, 15) is 8.78 Å². The van der Waals surface area contributed by atoms with E-state index in [1.54, 1.807) is 24.3 Å². The highest BCUT2D eigenvalue weighted by molar-refractivity contribution is 5.69. The van der Waals surface area contributed by atoms with Crippen LogP contribution in [0.15, 0.2) is 30.3 Å². The number of rotatable bonds is 4. The molecule has 2 aromatic rings. The van der Waals surface area contributed by atoms with Gasteiger partial charge in [0.2, 0.25) is 0 Å². The molecule has 0 saturated heterocycles. The number of halogens is 2. The zero-order valence-corrected chi connectivity index (χ0v) is 11.4. The summed E-state index contributed by atoms with van der Waals surface area (Å²) in [6.07, 6.45) is 0. The Kier molecular flexibility index (Phi) is 4.24. The number of ether oxygens (including phenoxy) is 2. The monoisotopic (exact) mass is 290 g/mol. The number of nitrogens with one attached hydrogen (secondary N) is 1. The Balaban J connectivity index is 2.43. The van der Waals surface area contributed by atoms with Crippen molar-refractivity contribution in [1.29, 1.82) is 5.26 Å². The van der Waals surface area contributed by atoms with E-state index in [0.717, 1.165) is 0 Å². The summed E-state index contributed by atoms with van der Waals surface area (Å²) in [5.41, 5.74) is -0.0337. The Bertz CT molecular complexity index is 712. The first-order valence-corrected chi connectivity index (χ1v) is 5.98. The lowest BCUT2D eigenvalue weighted by Gasteiger charge is -2.13. The summed E-state index contributed by atoms with van der Waals surface area (Å²) in [5, 5.41) is 11.4. The molecule has 0 aliphatic heterocycles. The van der Waals surface area contributed by atoms with Crippen molar-refractivity contribution in [1.82, 2.24) is 0 Å². The molecule has 0 amide bonds. The summed E-state index contributed by atoms with van der Waals surface area (Å²) < 4.78 is 37.7. The van der Waals surface area contributed by atoms with E-state index in [1.807, 2.05) is 0 Å². The maximum atomic E-state index is 13.9. The van der Waals surface area contributed by atoms with E-state index in [0.29, 0.717) is 17.2 Å². The number of methoxy groups -OCH3 is 2. The minimum atomic E-state index is -1.19. The largest absolute Gasteiger partial charge is 0.497 e. The topological polar surface area (TPSA) is 54.3 Å². The Morgan fingerprint density at radius 1 is 1.00 bits per heavy atom. The zero-order chi connectivity index (χ0) is 15.4. The molecule has 0 aliphatic rings. The van der Waals surface area contributed by atoms with Crippen LogP contribution in [0.3, 0.4) is 0 Å². The molecular weight excluding hydrogens is 278 g/mol. The van der Waals surface area contributed by atoms with Crippen molar-refractivity contribution in [3.63, 3.8) is 0 Å². The molecule has 0 saturated carbocycles. The summed E-state index contributed by atoms with van der Waals surface area (Å²) in [7, 11) is 2.95. The second-order valence-corrected chi connectivity index (χ2v) is 4.09. The molecule has 0 aliphatic carbocycles. The van der Waals surface area contributed by atoms with Crippen LogP contribution in [0.1, 0.15) is 5.56 Å². The fraction of sp³-hybridized carbons (Fsp3) is 0.133. The highest BCUT2D eigenvalue weighted by Gasteiger charge is 2.15. The van der Waals surface area contributed by atoms with Gasteiger partial charge < -0.3 is 14.8 Å². The van der Waals surface area contributed by atoms with Gasteiger partial charge in [-0.2, -0.15) is 5.26 Å². The van der Waals surface area contributed by atoms with E-state index in [-0.39, 0.29) is 11.3 Å². The Hall–Kier alpha value is -2.81. The van der Waals surface area contributed by atoms with Crippen LogP contribution in [-0.2, 0) is 0 Å². The molecule has 0 spiro atoms. The maximum absolute atomic E-state index is 13.9. The van der Waals surface area contributed by atoms with E-state index < -0.39 is 11.6 Å². The van der Waals surface area contributed by atoms with Crippen molar-refractivity contribution < 1.29 is 18.3 Å². The molecule has 0 aromatic heterocycles. The van der Waals surface area contributed by atoms with Gasteiger partial charge in [-0.15, -0.1) is 0 Å². The molecule has 0 bridgehead atoms. The third kappa shape index (κ3) is 2.87. The molecule has 0 unspecified atom stereocenters. The molecule has 0 heterocycles. The van der Waals surface area contributed by atoms with Crippen LogP contribution in [0.5, 0.6) is 11.5 Å². The standard InChI is InChI=1S/C15H12F2N2O2/c1-20-10-4-6-13(21-2)12(7-10)19-11-5-3-9(8-18)14(16)15(11)17/h3-7,19H,1-2H3. The average molecular weight is 290 g/mol. The summed E-state index contributed by atoms with van der Waals surface area (Å²) in [6.45, 7) is 0. The van der Waals surface area contributed by atoms with Crippen molar-refractivity contribution in [3.05, 3.63) is 47.5 Å². The lowest BCUT2D eigenvalue weighted by atomic mass is 10.2. The fourth-order valence-electron chi connectivity index (χ4n) is 1.79. The summed E-state index contributed by atoms with van der Waals surface area (Å²) in [4.78, 5) is 0.